The van der Waals surface area contributed by atoms with E-state index in [1.165, 1.54) is 0 Å². The maximum absolute atomic E-state index is 13.2. The number of rotatable bonds is 5. The highest BCUT2D eigenvalue weighted by Crippen LogP contribution is 2.46. The molecule has 31 heavy (non-hydrogen) atoms. The number of nitrogens with zero attached hydrogens (tertiary/aromatic N) is 1. The molecule has 5 nitrogen and oxygen atoms in total. The molecule has 2 aliphatic rings. The van der Waals surface area contributed by atoms with Gasteiger partial charge < -0.3 is 10.5 Å². The first-order valence-electron chi connectivity index (χ1n) is 10.5. The van der Waals surface area contributed by atoms with Crippen molar-refractivity contribution in [2.75, 3.05) is 17.8 Å². The van der Waals surface area contributed by atoms with E-state index in [0.717, 1.165) is 34.7 Å². The highest BCUT2D eigenvalue weighted by atomic mass is 32.2. The van der Waals surface area contributed by atoms with E-state index in [9.17, 15) is 9.59 Å². The minimum atomic E-state index is -0.530. The van der Waals surface area contributed by atoms with Crippen molar-refractivity contribution in [3.05, 3.63) is 82.8 Å². The number of Topliss-reactive ketones (excluding diaryl/α,β-unsaturated/α-hetero) is 1. The average Bonchev–Trinajstić information content (AvgIpc) is 2.79. The summed E-state index contributed by atoms with van der Waals surface area (Å²) < 4.78 is 5.41. The third kappa shape index (κ3) is 3.88. The molecule has 160 valence electrons. The number of anilines is 1. The number of ketones is 1. The van der Waals surface area contributed by atoms with Crippen LogP contribution in [0.3, 0.4) is 0 Å². The lowest BCUT2D eigenvalue weighted by Crippen LogP contribution is -2.41. The maximum atomic E-state index is 13.2. The van der Waals surface area contributed by atoms with Gasteiger partial charge in [-0.3, -0.25) is 9.69 Å². The van der Waals surface area contributed by atoms with Gasteiger partial charge in [-0.1, -0.05) is 30.3 Å². The number of hydrogen-bond donors (Lipinski definition) is 1. The summed E-state index contributed by atoms with van der Waals surface area (Å²) in [5, 5.41) is 0. The van der Waals surface area contributed by atoms with Crippen molar-refractivity contribution in [1.29, 1.82) is 0 Å². The molecule has 2 N–H and O–H groups in total. The van der Waals surface area contributed by atoms with Crippen molar-refractivity contribution in [2.45, 2.75) is 37.0 Å². The summed E-state index contributed by atoms with van der Waals surface area (Å²) in [6.07, 6.45) is 3.98. The number of benzene rings is 2. The molecule has 2 aromatic carbocycles. The zero-order valence-corrected chi connectivity index (χ0v) is 18.6. The fourth-order valence-corrected chi connectivity index (χ4v) is 4.81. The first-order chi connectivity index (χ1) is 15.1. The van der Waals surface area contributed by atoms with Crippen LogP contribution in [0.5, 0.6) is 0 Å². The van der Waals surface area contributed by atoms with Crippen LogP contribution in [-0.2, 0) is 14.3 Å². The van der Waals surface area contributed by atoms with E-state index in [-0.39, 0.29) is 12.4 Å². The molecule has 0 aromatic heterocycles. The quantitative estimate of drug-likeness (QED) is 0.541. The van der Waals surface area contributed by atoms with E-state index < -0.39 is 11.9 Å². The first-order valence-corrected chi connectivity index (χ1v) is 11.7. The second kappa shape index (κ2) is 9.02. The third-order valence-electron chi connectivity index (χ3n) is 5.75. The van der Waals surface area contributed by atoms with Crippen molar-refractivity contribution in [3.8, 4) is 0 Å². The average molecular weight is 435 g/mol. The van der Waals surface area contributed by atoms with Gasteiger partial charge in [0.15, 0.2) is 5.78 Å². The SMILES string of the molecule is CCOC(=O)C1=C(N)N(c2ccccc2)C2=C(C(=O)CCC2)[C@@H]1c1ccc(SC)cc1. The van der Waals surface area contributed by atoms with Gasteiger partial charge in [-0.05, 0) is 55.9 Å². The first kappa shape index (κ1) is 21.2. The molecule has 1 aliphatic carbocycles. The maximum Gasteiger partial charge on any atom is 0.338 e. The Kier molecular flexibility index (Phi) is 6.18. The molecule has 0 unspecified atom stereocenters. The van der Waals surface area contributed by atoms with E-state index >= 15 is 0 Å². The van der Waals surface area contributed by atoms with Crippen LogP contribution in [0.15, 0.2) is 82.2 Å². The number of carbonyl (C=O) groups excluding carboxylic acids is 2. The molecule has 1 atom stereocenters. The molecule has 0 radical (unpaired) electrons. The van der Waals surface area contributed by atoms with E-state index in [1.807, 2.05) is 65.8 Å². The predicted octanol–water partition coefficient (Wildman–Crippen LogP) is 4.75. The largest absolute Gasteiger partial charge is 0.463 e. The summed E-state index contributed by atoms with van der Waals surface area (Å²) in [4.78, 5) is 29.4. The molecule has 0 saturated heterocycles. The van der Waals surface area contributed by atoms with Crippen molar-refractivity contribution < 1.29 is 14.3 Å². The molecule has 0 spiro atoms. The van der Waals surface area contributed by atoms with Gasteiger partial charge in [0.1, 0.15) is 5.82 Å². The fraction of sp³-hybridized carbons (Fsp3) is 0.280. The molecule has 0 fully saturated rings. The van der Waals surface area contributed by atoms with Crippen LogP contribution < -0.4 is 10.6 Å². The van der Waals surface area contributed by atoms with Crippen LogP contribution in [0, 0.1) is 0 Å². The zero-order chi connectivity index (χ0) is 22.0. The molecule has 2 aromatic rings. The highest BCUT2D eigenvalue weighted by Gasteiger charge is 2.43. The molecule has 0 bridgehead atoms. The molecule has 4 rings (SSSR count). The van der Waals surface area contributed by atoms with Crippen molar-refractivity contribution in [3.63, 3.8) is 0 Å². The lowest BCUT2D eigenvalue weighted by molar-refractivity contribution is -0.138. The van der Waals surface area contributed by atoms with Gasteiger partial charge in [0.2, 0.25) is 0 Å². The molecule has 1 aliphatic heterocycles. The Morgan fingerprint density at radius 3 is 2.48 bits per heavy atom. The topological polar surface area (TPSA) is 72.6 Å². The number of carbonyl (C=O) groups is 2. The minimum absolute atomic E-state index is 0.0652. The van der Waals surface area contributed by atoms with Crippen LogP contribution in [-0.4, -0.2) is 24.6 Å². The summed E-state index contributed by atoms with van der Waals surface area (Å²) >= 11 is 1.65. The van der Waals surface area contributed by atoms with E-state index in [0.29, 0.717) is 23.4 Å². The smallest absolute Gasteiger partial charge is 0.338 e. The lowest BCUT2D eigenvalue weighted by atomic mass is 9.75. The lowest BCUT2D eigenvalue weighted by Gasteiger charge is -2.40. The number of esters is 1. The summed E-state index contributed by atoms with van der Waals surface area (Å²) in [6, 6.07) is 17.6. The standard InChI is InChI=1S/C25H26N2O3S/c1-3-30-25(29)23-21(16-12-14-18(31-2)15-13-16)22-19(10-7-11-20(22)28)27(24(23)26)17-8-5-4-6-9-17/h4-6,8-9,12-15,21H,3,7,10-11,26H2,1-2H3/t21-/m0/s1. The van der Waals surface area contributed by atoms with Crippen LogP contribution in [0.25, 0.3) is 0 Å². The second-order valence-electron chi connectivity index (χ2n) is 7.53. The third-order valence-corrected chi connectivity index (χ3v) is 6.50. The number of allylic oxidation sites excluding steroid dienone is 2. The Morgan fingerprint density at radius 1 is 1.13 bits per heavy atom. The molecule has 6 heteroatoms. The number of ether oxygens (including phenoxy) is 1. The summed E-state index contributed by atoms with van der Waals surface area (Å²) in [7, 11) is 0. The zero-order valence-electron chi connectivity index (χ0n) is 17.8. The number of nitrogens with two attached hydrogens (primary N) is 1. The number of hydrogen-bond acceptors (Lipinski definition) is 6. The normalized spacial score (nSPS) is 18.8. The summed E-state index contributed by atoms with van der Waals surface area (Å²) in [5.41, 5.74) is 10.3. The van der Waals surface area contributed by atoms with Crippen molar-refractivity contribution in [2.24, 2.45) is 5.73 Å². The Hall–Kier alpha value is -2.99. The van der Waals surface area contributed by atoms with Gasteiger partial charge in [0.25, 0.3) is 0 Å². The highest BCUT2D eigenvalue weighted by molar-refractivity contribution is 7.98. The van der Waals surface area contributed by atoms with Gasteiger partial charge >= 0.3 is 5.97 Å². The minimum Gasteiger partial charge on any atom is -0.463 e. The van der Waals surface area contributed by atoms with Crippen LogP contribution >= 0.6 is 11.8 Å². The molecule has 0 amide bonds. The Balaban J connectivity index is 1.96. The van der Waals surface area contributed by atoms with Gasteiger partial charge in [0.05, 0.1) is 18.1 Å². The molecular formula is C25H26N2O3S. The summed E-state index contributed by atoms with van der Waals surface area (Å²) in [5.74, 6) is -0.616. The van der Waals surface area contributed by atoms with E-state index in [4.69, 9.17) is 10.5 Å². The van der Waals surface area contributed by atoms with E-state index in [1.54, 1.807) is 18.7 Å². The second-order valence-corrected chi connectivity index (χ2v) is 8.41. The van der Waals surface area contributed by atoms with Gasteiger partial charge in [-0.15, -0.1) is 11.8 Å². The van der Waals surface area contributed by atoms with Gasteiger partial charge in [-0.2, -0.15) is 0 Å². The van der Waals surface area contributed by atoms with Crippen molar-refractivity contribution >= 4 is 29.2 Å². The van der Waals surface area contributed by atoms with Gasteiger partial charge in [-0.25, -0.2) is 4.79 Å². The van der Waals surface area contributed by atoms with Crippen LogP contribution in [0.2, 0.25) is 0 Å². The fourth-order valence-electron chi connectivity index (χ4n) is 4.40. The molecule has 1 heterocycles. The Bertz CT molecular complexity index is 1060. The predicted molar refractivity (Wildman–Crippen MR) is 124 cm³/mol. The van der Waals surface area contributed by atoms with Gasteiger partial charge in [0, 0.05) is 28.3 Å². The monoisotopic (exact) mass is 434 g/mol. The van der Waals surface area contributed by atoms with Crippen molar-refractivity contribution in [1.82, 2.24) is 0 Å². The molecular weight excluding hydrogens is 408 g/mol. The number of para-hydroxylation sites is 1. The summed E-state index contributed by atoms with van der Waals surface area (Å²) in [6.45, 7) is 2.00. The Morgan fingerprint density at radius 2 is 1.84 bits per heavy atom. The number of thioether (sulfide) groups is 1. The van der Waals surface area contributed by atoms with Crippen LogP contribution in [0.1, 0.15) is 37.7 Å². The van der Waals surface area contributed by atoms with E-state index in [2.05, 4.69) is 0 Å². The van der Waals surface area contributed by atoms with Crippen LogP contribution in [0.4, 0.5) is 5.69 Å². The molecule has 0 saturated carbocycles. The Labute approximate surface area is 187 Å².